The Kier molecular flexibility index (Phi) is 3.15. The lowest BCUT2D eigenvalue weighted by atomic mass is 10.3. The second kappa shape index (κ2) is 4.77. The maximum Gasteiger partial charge on any atom is 0.371 e. The third kappa shape index (κ3) is 2.68. The third-order valence-electron chi connectivity index (χ3n) is 2.37. The standard InChI is InChI=1S/C11H8N2O6/c14-9-3-4-12(6-8(9)13(17)18)5-7-1-2-10(19-7)11(15)16/h1-4,6H,5H2,(H,15,16). The number of furan rings is 1. The van der Waals surface area contributed by atoms with E-state index in [1.54, 1.807) is 0 Å². The lowest BCUT2D eigenvalue weighted by Gasteiger charge is -2.02. The first-order chi connectivity index (χ1) is 8.97. The molecule has 98 valence electrons. The third-order valence-corrected chi connectivity index (χ3v) is 2.37. The first kappa shape index (κ1) is 12.6. The summed E-state index contributed by atoms with van der Waals surface area (Å²) < 4.78 is 6.38. The van der Waals surface area contributed by atoms with E-state index in [0.29, 0.717) is 5.76 Å². The van der Waals surface area contributed by atoms with Crippen LogP contribution in [-0.4, -0.2) is 20.6 Å². The number of rotatable bonds is 4. The Morgan fingerprint density at radius 2 is 2.16 bits per heavy atom. The number of carboxylic acid groups (broad SMARTS) is 1. The molecule has 1 N–H and O–H groups in total. The van der Waals surface area contributed by atoms with Crippen LogP contribution in [0.3, 0.4) is 0 Å². The zero-order valence-corrected chi connectivity index (χ0v) is 9.48. The Balaban J connectivity index is 2.28. The highest BCUT2D eigenvalue weighted by Crippen LogP contribution is 2.11. The maximum atomic E-state index is 11.2. The minimum absolute atomic E-state index is 0.0917. The number of carboxylic acids is 1. The van der Waals surface area contributed by atoms with Crippen LogP contribution in [0.15, 0.2) is 39.8 Å². The number of hydrogen-bond donors (Lipinski definition) is 1. The molecular formula is C11H8N2O6. The van der Waals surface area contributed by atoms with Gasteiger partial charge in [0.15, 0.2) is 0 Å². The Hall–Kier alpha value is -2.90. The summed E-state index contributed by atoms with van der Waals surface area (Å²) in [4.78, 5) is 31.7. The van der Waals surface area contributed by atoms with Gasteiger partial charge in [-0.15, -0.1) is 0 Å². The Bertz CT molecular complexity index is 699. The number of nitrogens with zero attached hydrogens (tertiary/aromatic N) is 2. The molecule has 0 bridgehead atoms. The van der Waals surface area contributed by atoms with Gasteiger partial charge in [-0.1, -0.05) is 0 Å². The topological polar surface area (TPSA) is 116 Å². The van der Waals surface area contributed by atoms with Crippen LogP contribution in [0, 0.1) is 10.1 Å². The molecule has 0 unspecified atom stereocenters. The van der Waals surface area contributed by atoms with Crippen molar-refractivity contribution in [2.45, 2.75) is 6.54 Å². The van der Waals surface area contributed by atoms with Crippen molar-refractivity contribution in [2.24, 2.45) is 0 Å². The quantitative estimate of drug-likeness (QED) is 0.652. The predicted octanol–water partition coefficient (Wildman–Crippen LogP) is 1.10. The average Bonchev–Trinajstić information content (AvgIpc) is 2.80. The van der Waals surface area contributed by atoms with Crippen molar-refractivity contribution in [3.05, 3.63) is 62.5 Å². The van der Waals surface area contributed by atoms with Gasteiger partial charge in [-0.05, 0) is 12.1 Å². The number of pyridine rings is 1. The van der Waals surface area contributed by atoms with Crippen LogP contribution in [0.1, 0.15) is 16.3 Å². The van der Waals surface area contributed by atoms with Crippen molar-refractivity contribution in [1.82, 2.24) is 4.57 Å². The molecule has 0 aliphatic rings. The molecular weight excluding hydrogens is 256 g/mol. The van der Waals surface area contributed by atoms with Crippen LogP contribution in [0.2, 0.25) is 0 Å². The summed E-state index contributed by atoms with van der Waals surface area (Å²) in [6.45, 7) is 0.0917. The van der Waals surface area contributed by atoms with Gasteiger partial charge in [-0.25, -0.2) is 4.79 Å². The Labute approximate surface area is 105 Å². The summed E-state index contributed by atoms with van der Waals surface area (Å²) >= 11 is 0. The number of hydrogen-bond acceptors (Lipinski definition) is 5. The van der Waals surface area contributed by atoms with E-state index in [4.69, 9.17) is 9.52 Å². The number of carbonyl (C=O) groups is 1. The van der Waals surface area contributed by atoms with Gasteiger partial charge in [0, 0.05) is 12.3 Å². The lowest BCUT2D eigenvalue weighted by molar-refractivity contribution is -0.386. The fraction of sp³-hybridized carbons (Fsp3) is 0.0909. The van der Waals surface area contributed by atoms with Gasteiger partial charge in [-0.2, -0.15) is 0 Å². The molecule has 2 aromatic rings. The highest BCUT2D eigenvalue weighted by atomic mass is 16.6. The van der Waals surface area contributed by atoms with Gasteiger partial charge in [-0.3, -0.25) is 14.9 Å². The largest absolute Gasteiger partial charge is 0.475 e. The molecule has 0 aliphatic carbocycles. The Morgan fingerprint density at radius 3 is 2.74 bits per heavy atom. The number of nitro groups is 1. The van der Waals surface area contributed by atoms with E-state index in [9.17, 15) is 19.7 Å². The van der Waals surface area contributed by atoms with Crippen molar-refractivity contribution in [2.75, 3.05) is 0 Å². The van der Waals surface area contributed by atoms with Gasteiger partial charge in [0.25, 0.3) is 5.43 Å². The van der Waals surface area contributed by atoms with Crippen molar-refractivity contribution in [3.63, 3.8) is 0 Å². The minimum atomic E-state index is -1.20. The summed E-state index contributed by atoms with van der Waals surface area (Å²) in [6, 6.07) is 3.81. The summed E-state index contributed by atoms with van der Waals surface area (Å²) in [6.07, 6.45) is 2.43. The molecule has 8 nitrogen and oxygen atoms in total. The van der Waals surface area contributed by atoms with Gasteiger partial charge in [0.2, 0.25) is 5.76 Å². The van der Waals surface area contributed by atoms with E-state index in [1.165, 1.54) is 22.9 Å². The second-order valence-corrected chi connectivity index (χ2v) is 3.69. The smallest absolute Gasteiger partial charge is 0.371 e. The molecule has 0 aromatic carbocycles. The van der Waals surface area contributed by atoms with E-state index >= 15 is 0 Å². The van der Waals surface area contributed by atoms with Gasteiger partial charge < -0.3 is 14.1 Å². The fourth-order valence-corrected chi connectivity index (χ4v) is 1.51. The van der Waals surface area contributed by atoms with Gasteiger partial charge in [0.05, 0.1) is 17.7 Å². The van der Waals surface area contributed by atoms with Crippen LogP contribution in [0.25, 0.3) is 0 Å². The van der Waals surface area contributed by atoms with E-state index < -0.39 is 22.0 Å². The second-order valence-electron chi connectivity index (χ2n) is 3.69. The van der Waals surface area contributed by atoms with Gasteiger partial charge >= 0.3 is 11.7 Å². The summed E-state index contributed by atoms with van der Waals surface area (Å²) in [7, 11) is 0. The van der Waals surface area contributed by atoms with Crippen molar-refractivity contribution < 1.29 is 19.2 Å². The molecule has 0 amide bonds. The van der Waals surface area contributed by atoms with E-state index in [0.717, 1.165) is 12.3 Å². The average molecular weight is 264 g/mol. The molecule has 0 saturated carbocycles. The number of aromatic nitrogens is 1. The molecule has 0 aliphatic heterocycles. The molecule has 0 saturated heterocycles. The minimum Gasteiger partial charge on any atom is -0.475 e. The summed E-state index contributed by atoms with van der Waals surface area (Å²) in [5, 5.41) is 19.3. The lowest BCUT2D eigenvalue weighted by Crippen LogP contribution is -2.11. The molecule has 0 spiro atoms. The van der Waals surface area contributed by atoms with Crippen molar-refractivity contribution in [3.8, 4) is 0 Å². The monoisotopic (exact) mass is 264 g/mol. The van der Waals surface area contributed by atoms with Crippen molar-refractivity contribution >= 4 is 11.7 Å². The molecule has 8 heteroatoms. The molecule has 0 fully saturated rings. The molecule has 0 radical (unpaired) electrons. The molecule has 2 rings (SSSR count). The fourth-order valence-electron chi connectivity index (χ4n) is 1.51. The zero-order valence-electron chi connectivity index (χ0n) is 9.48. The van der Waals surface area contributed by atoms with E-state index in [-0.39, 0.29) is 12.3 Å². The van der Waals surface area contributed by atoms with Crippen LogP contribution < -0.4 is 5.43 Å². The maximum absolute atomic E-state index is 11.2. The predicted molar refractivity (Wildman–Crippen MR) is 62.1 cm³/mol. The van der Waals surface area contributed by atoms with Gasteiger partial charge in [0.1, 0.15) is 5.76 Å². The van der Waals surface area contributed by atoms with Crippen LogP contribution >= 0.6 is 0 Å². The molecule has 0 atom stereocenters. The molecule has 2 aromatic heterocycles. The zero-order chi connectivity index (χ0) is 14.0. The van der Waals surface area contributed by atoms with E-state index in [1.807, 2.05) is 0 Å². The normalized spacial score (nSPS) is 10.3. The highest BCUT2D eigenvalue weighted by Gasteiger charge is 2.13. The SMILES string of the molecule is O=C(O)c1ccc(Cn2ccc(=O)c([N+](=O)[O-])c2)o1. The Morgan fingerprint density at radius 1 is 1.42 bits per heavy atom. The first-order valence-corrected chi connectivity index (χ1v) is 5.14. The number of aromatic carboxylic acids is 1. The van der Waals surface area contributed by atoms with E-state index in [2.05, 4.69) is 0 Å². The highest BCUT2D eigenvalue weighted by molar-refractivity contribution is 5.84. The summed E-state index contributed by atoms with van der Waals surface area (Å²) in [5.41, 5.74) is -1.24. The summed E-state index contributed by atoms with van der Waals surface area (Å²) in [5.74, 6) is -1.10. The van der Waals surface area contributed by atoms with Crippen LogP contribution in [0.4, 0.5) is 5.69 Å². The van der Waals surface area contributed by atoms with Crippen LogP contribution in [0.5, 0.6) is 0 Å². The first-order valence-electron chi connectivity index (χ1n) is 5.14. The molecule has 2 heterocycles. The van der Waals surface area contributed by atoms with Crippen molar-refractivity contribution in [1.29, 1.82) is 0 Å². The van der Waals surface area contributed by atoms with Crippen LogP contribution in [-0.2, 0) is 6.54 Å². The molecule has 19 heavy (non-hydrogen) atoms.